The quantitative estimate of drug-likeness (QED) is 0.0413. The molecule has 0 unspecified atom stereocenters. The predicted octanol–water partition coefficient (Wildman–Crippen LogP) is 0.0138. The highest BCUT2D eigenvalue weighted by Gasteiger charge is 2.59. The standard InChI is InChI=1S/C58H87NO34Si/c1-26(60)59-43-48(82-32(7)66)45(80-30(5)64)42(89-55(43)74-19-17-18-73-44-39(22-76-27(2)61)90-56(75-20-21-94(14,15)16)52(86-36(11)70)49(44)83-33(8)67)25-79-57-53(87-37(12)71)51(85-35(10)69)47(41(91-57)24-78-29(4)63)93-58-54(88-38(13)72)50(84-34(9)68)46(81-31(6)65)40(92-58)23-77-28(3)62/h39-58H,17-25H2,1-16H3,(H,59,60)/t39-,40-,41-,42-,43-,44-,45-,46+,47-,48-,49+,50+,51+,52-,53-,54-,55-,56-,57-,58+/m1/s1. The largest absolute Gasteiger partial charge is 0.463 e. The molecule has 0 aromatic rings. The third kappa shape index (κ3) is 25.9. The van der Waals surface area contributed by atoms with Crippen LogP contribution in [-0.2, 0) is 162 Å². The summed E-state index contributed by atoms with van der Waals surface area (Å²) in [5.74, 6) is -11.8. The molecular formula is C58H87NO34Si. The first kappa shape index (κ1) is 79.4. The summed E-state index contributed by atoms with van der Waals surface area (Å²) in [5, 5.41) is 2.60. The maximum absolute atomic E-state index is 13.2. The summed E-state index contributed by atoms with van der Waals surface area (Å²) in [6, 6.07) is -0.816. The van der Waals surface area contributed by atoms with E-state index in [0.717, 1.165) is 90.0 Å². The first-order chi connectivity index (χ1) is 43.9. The molecule has 532 valence electrons. The molecule has 36 heteroatoms. The highest BCUT2D eigenvalue weighted by atomic mass is 28.3. The second-order valence-corrected chi connectivity index (χ2v) is 28.8. The Morgan fingerprint density at radius 2 is 0.617 bits per heavy atom. The van der Waals surface area contributed by atoms with E-state index in [9.17, 15) is 62.3 Å². The Kier molecular flexibility index (Phi) is 31.5. The monoisotopic (exact) mass is 1370 g/mol. The molecule has 35 nitrogen and oxygen atoms in total. The van der Waals surface area contributed by atoms with Gasteiger partial charge in [-0.1, -0.05) is 19.6 Å². The second-order valence-electron chi connectivity index (χ2n) is 23.1. The molecule has 4 fully saturated rings. The number of carbonyl (C=O) groups excluding carboxylic acids is 13. The number of amides is 1. The summed E-state index contributed by atoms with van der Waals surface area (Å²) >= 11 is 0. The Bertz CT molecular complexity index is 2650. The minimum Gasteiger partial charge on any atom is -0.463 e. The van der Waals surface area contributed by atoms with E-state index in [2.05, 4.69) is 25.0 Å². The maximum Gasteiger partial charge on any atom is 0.303 e. The molecule has 0 saturated carbocycles. The third-order valence-corrected chi connectivity index (χ3v) is 15.3. The van der Waals surface area contributed by atoms with Crippen molar-refractivity contribution in [3.05, 3.63) is 0 Å². The Hall–Kier alpha value is -7.03. The maximum atomic E-state index is 13.2. The van der Waals surface area contributed by atoms with E-state index in [1.807, 2.05) is 0 Å². The first-order valence-corrected chi connectivity index (χ1v) is 33.6. The zero-order valence-corrected chi connectivity index (χ0v) is 56.3. The lowest BCUT2D eigenvalue weighted by atomic mass is 9.95. The summed E-state index contributed by atoms with van der Waals surface area (Å²) in [6.45, 7) is 16.6. The fourth-order valence-corrected chi connectivity index (χ4v) is 10.9. The van der Waals surface area contributed by atoms with Crippen molar-refractivity contribution in [2.45, 2.75) is 245 Å². The fourth-order valence-electron chi connectivity index (χ4n) is 10.2. The molecule has 94 heavy (non-hydrogen) atoms. The van der Waals surface area contributed by atoms with Crippen molar-refractivity contribution >= 4 is 85.6 Å². The van der Waals surface area contributed by atoms with Gasteiger partial charge < -0.3 is 105 Å². The number of ether oxygens (including phenoxy) is 21. The minimum atomic E-state index is -2.01. The van der Waals surface area contributed by atoms with Crippen LogP contribution in [0.15, 0.2) is 0 Å². The summed E-state index contributed by atoms with van der Waals surface area (Å²) in [6.07, 6.45) is -31.6. The molecule has 0 aromatic heterocycles. The average molecular weight is 1370 g/mol. The number of esters is 12. The molecule has 4 heterocycles. The van der Waals surface area contributed by atoms with E-state index < -0.39 is 235 Å². The highest BCUT2D eigenvalue weighted by molar-refractivity contribution is 6.76. The molecule has 4 aliphatic heterocycles. The molecule has 20 atom stereocenters. The van der Waals surface area contributed by atoms with Crippen molar-refractivity contribution < 1.29 is 162 Å². The Labute approximate surface area is 542 Å². The Balaban J connectivity index is 1.76. The van der Waals surface area contributed by atoms with Gasteiger partial charge in [0.05, 0.1) is 13.2 Å². The van der Waals surface area contributed by atoms with Gasteiger partial charge in [0.25, 0.3) is 0 Å². The van der Waals surface area contributed by atoms with Crippen LogP contribution in [0.2, 0.25) is 25.7 Å². The molecular weight excluding hydrogens is 1280 g/mol. The van der Waals surface area contributed by atoms with E-state index in [-0.39, 0.29) is 26.2 Å². The normalized spacial score (nSPS) is 30.7. The van der Waals surface area contributed by atoms with Crippen LogP contribution in [0, 0.1) is 0 Å². The summed E-state index contributed by atoms with van der Waals surface area (Å²) < 4.78 is 123. The van der Waals surface area contributed by atoms with Crippen LogP contribution < -0.4 is 5.32 Å². The number of hydrogen-bond acceptors (Lipinski definition) is 34. The van der Waals surface area contributed by atoms with E-state index in [0.29, 0.717) is 6.04 Å². The first-order valence-electron chi connectivity index (χ1n) is 29.9. The van der Waals surface area contributed by atoms with Gasteiger partial charge in [-0.2, -0.15) is 0 Å². The van der Waals surface area contributed by atoms with Gasteiger partial charge in [0.15, 0.2) is 80.1 Å². The van der Waals surface area contributed by atoms with Crippen LogP contribution >= 0.6 is 0 Å². The molecule has 0 radical (unpaired) electrons. The summed E-state index contributed by atoms with van der Waals surface area (Å²) in [4.78, 5) is 165. The molecule has 1 N–H and O–H groups in total. The predicted molar refractivity (Wildman–Crippen MR) is 307 cm³/mol. The van der Waals surface area contributed by atoms with Gasteiger partial charge in [-0.15, -0.1) is 0 Å². The molecule has 0 bridgehead atoms. The summed E-state index contributed by atoms with van der Waals surface area (Å²) in [5.41, 5.74) is 0. The minimum absolute atomic E-state index is 0.0700. The summed E-state index contributed by atoms with van der Waals surface area (Å²) in [7, 11) is -1.68. The lowest BCUT2D eigenvalue weighted by molar-refractivity contribution is -0.364. The van der Waals surface area contributed by atoms with Crippen molar-refractivity contribution in [3.63, 3.8) is 0 Å². The molecule has 4 saturated heterocycles. The van der Waals surface area contributed by atoms with Gasteiger partial charge in [-0.25, -0.2) is 0 Å². The molecule has 4 rings (SSSR count). The number of nitrogens with one attached hydrogen (secondary N) is 1. The van der Waals surface area contributed by atoms with E-state index >= 15 is 0 Å². The van der Waals surface area contributed by atoms with Crippen molar-refractivity contribution in [3.8, 4) is 0 Å². The molecule has 4 aliphatic rings. The molecule has 0 aromatic carbocycles. The van der Waals surface area contributed by atoms with Crippen LogP contribution in [0.3, 0.4) is 0 Å². The van der Waals surface area contributed by atoms with Crippen molar-refractivity contribution in [2.24, 2.45) is 0 Å². The lowest BCUT2D eigenvalue weighted by Crippen LogP contribution is -2.68. The van der Waals surface area contributed by atoms with Gasteiger partial charge >= 0.3 is 71.6 Å². The zero-order chi connectivity index (χ0) is 70.5. The average Bonchev–Trinajstić information content (AvgIpc) is 0.779. The zero-order valence-electron chi connectivity index (χ0n) is 55.3. The molecule has 0 aliphatic carbocycles. The van der Waals surface area contributed by atoms with Gasteiger partial charge in [-0.05, 0) is 12.5 Å². The van der Waals surface area contributed by atoms with Crippen molar-refractivity contribution in [1.82, 2.24) is 5.32 Å². The van der Waals surface area contributed by atoms with Crippen LogP contribution in [0.1, 0.15) is 96.4 Å². The number of rotatable bonds is 31. The van der Waals surface area contributed by atoms with Crippen molar-refractivity contribution in [1.29, 1.82) is 0 Å². The number of hydrogen-bond donors (Lipinski definition) is 1. The van der Waals surface area contributed by atoms with E-state index in [1.54, 1.807) is 0 Å². The van der Waals surface area contributed by atoms with Gasteiger partial charge in [0.1, 0.15) is 62.5 Å². The van der Waals surface area contributed by atoms with Crippen LogP contribution in [0.5, 0.6) is 0 Å². The van der Waals surface area contributed by atoms with E-state index in [1.165, 1.54) is 0 Å². The molecule has 1 amide bonds. The highest BCUT2D eigenvalue weighted by Crippen LogP contribution is 2.38. The SMILES string of the molecule is CC(=O)N[C@H]1[C@H](OCCCO[C@H]2[C@H](OC(C)=O)[C@@H](OC(C)=O)[C@H](OCC[Si](C)(C)C)O[C@@H]2COC(C)=O)O[C@H](CO[C@@H]2O[C@H](COC(C)=O)[C@@H](O[C@@H]3O[C@H](COC(C)=O)[C@H](OC(C)=O)[C@H](OC(C)=O)[C@H]3OC(C)=O)[C@H](OC(C)=O)[C@H]2OC(C)=O)[C@@H](OC(C)=O)[C@@H]1OC(C)=O. The van der Waals surface area contributed by atoms with Crippen molar-refractivity contribution in [2.75, 3.05) is 46.2 Å². The van der Waals surface area contributed by atoms with Crippen LogP contribution in [-0.4, -0.2) is 255 Å². The second kappa shape index (κ2) is 37.3. The Morgan fingerprint density at radius 3 is 1.04 bits per heavy atom. The third-order valence-electron chi connectivity index (χ3n) is 13.6. The van der Waals surface area contributed by atoms with Gasteiger partial charge in [0.2, 0.25) is 5.91 Å². The van der Waals surface area contributed by atoms with Crippen LogP contribution in [0.4, 0.5) is 0 Å². The lowest BCUT2D eigenvalue weighted by Gasteiger charge is -2.49. The van der Waals surface area contributed by atoms with Crippen LogP contribution in [0.25, 0.3) is 0 Å². The van der Waals surface area contributed by atoms with Gasteiger partial charge in [-0.3, -0.25) is 62.3 Å². The Morgan fingerprint density at radius 1 is 0.309 bits per heavy atom. The molecule has 0 spiro atoms. The van der Waals surface area contributed by atoms with Gasteiger partial charge in [0, 0.05) is 111 Å². The van der Waals surface area contributed by atoms with E-state index in [4.69, 9.17) is 99.5 Å². The number of carbonyl (C=O) groups is 13. The smallest absolute Gasteiger partial charge is 0.303 e. The topological polar surface area (TPSA) is 428 Å². The fraction of sp³-hybridized carbons (Fsp3) is 0.776.